The topological polar surface area (TPSA) is 44.8 Å². The molecule has 5 nitrogen and oxygen atoms in total. The monoisotopic (exact) mass is 365 g/mol. The van der Waals surface area contributed by atoms with Crippen molar-refractivity contribution >= 4 is 17.3 Å². The summed E-state index contributed by atoms with van der Waals surface area (Å²) in [6.45, 7) is 8.32. The maximum atomic E-state index is 12.8. The number of nitrogens with zero attached hydrogens (tertiary/aromatic N) is 2. The van der Waals surface area contributed by atoms with Gasteiger partial charge in [0, 0.05) is 44.0 Å². The zero-order valence-corrected chi connectivity index (χ0v) is 16.3. The van der Waals surface area contributed by atoms with Crippen LogP contribution < -0.4 is 15.0 Å². The number of fused-ring (bicyclic) bond motifs is 1. The van der Waals surface area contributed by atoms with Gasteiger partial charge in [-0.1, -0.05) is 12.1 Å². The molecule has 1 fully saturated rings. The maximum Gasteiger partial charge on any atom is 0.259 e. The van der Waals surface area contributed by atoms with E-state index < -0.39 is 0 Å². The Morgan fingerprint density at radius 2 is 1.74 bits per heavy atom. The van der Waals surface area contributed by atoms with Crippen LogP contribution in [-0.4, -0.2) is 49.6 Å². The Morgan fingerprint density at radius 1 is 1.04 bits per heavy atom. The Balaban J connectivity index is 1.46. The van der Waals surface area contributed by atoms with Crippen LogP contribution in [0.25, 0.3) is 0 Å². The lowest BCUT2D eigenvalue weighted by molar-refractivity contribution is 0.101. The van der Waals surface area contributed by atoms with Gasteiger partial charge >= 0.3 is 0 Å². The summed E-state index contributed by atoms with van der Waals surface area (Å²) in [6.07, 6.45) is 0.823. The van der Waals surface area contributed by atoms with Crippen molar-refractivity contribution in [2.24, 2.45) is 0 Å². The number of likely N-dealkylation sites (N-methyl/N-ethyl adjacent to an activating group) is 1. The molecule has 2 aromatic rings. The molecule has 0 aliphatic carbocycles. The van der Waals surface area contributed by atoms with Crippen molar-refractivity contribution in [3.63, 3.8) is 0 Å². The summed E-state index contributed by atoms with van der Waals surface area (Å²) in [4.78, 5) is 17.5. The van der Waals surface area contributed by atoms with Crippen LogP contribution in [0.1, 0.15) is 29.8 Å². The average molecular weight is 365 g/mol. The average Bonchev–Trinajstić information content (AvgIpc) is 2.96. The highest BCUT2D eigenvalue weighted by molar-refractivity contribution is 6.06. The Morgan fingerprint density at radius 3 is 2.44 bits per heavy atom. The van der Waals surface area contributed by atoms with E-state index in [1.165, 1.54) is 5.69 Å². The van der Waals surface area contributed by atoms with Crippen molar-refractivity contribution < 1.29 is 9.53 Å². The third kappa shape index (κ3) is 3.78. The van der Waals surface area contributed by atoms with E-state index in [9.17, 15) is 4.79 Å². The molecule has 0 aromatic heterocycles. The first-order chi connectivity index (χ1) is 12.9. The van der Waals surface area contributed by atoms with E-state index in [0.29, 0.717) is 11.3 Å². The van der Waals surface area contributed by atoms with Gasteiger partial charge in [-0.2, -0.15) is 0 Å². The second-order valence-electron chi connectivity index (χ2n) is 8.12. The van der Waals surface area contributed by atoms with E-state index in [2.05, 4.69) is 34.3 Å². The molecule has 0 radical (unpaired) electrons. The molecular weight excluding hydrogens is 338 g/mol. The van der Waals surface area contributed by atoms with Crippen LogP contribution in [0.5, 0.6) is 5.75 Å². The van der Waals surface area contributed by atoms with E-state index in [1.807, 2.05) is 44.2 Å². The molecule has 0 saturated carbocycles. The van der Waals surface area contributed by atoms with Gasteiger partial charge < -0.3 is 19.9 Å². The molecule has 142 valence electrons. The van der Waals surface area contributed by atoms with Crippen LogP contribution in [-0.2, 0) is 6.42 Å². The Bertz CT molecular complexity index is 837. The fourth-order valence-corrected chi connectivity index (χ4v) is 3.81. The lowest BCUT2D eigenvalue weighted by atomic mass is 10.0. The molecule has 1 amide bonds. The first-order valence-corrected chi connectivity index (χ1v) is 9.57. The maximum absolute atomic E-state index is 12.8. The van der Waals surface area contributed by atoms with E-state index in [1.54, 1.807) is 0 Å². The fraction of sp³-hybridized carbons (Fsp3) is 0.409. The number of benzene rings is 2. The molecule has 2 aliphatic heterocycles. The summed E-state index contributed by atoms with van der Waals surface area (Å²) in [5.74, 6) is 0.589. The van der Waals surface area contributed by atoms with E-state index in [4.69, 9.17) is 4.74 Å². The number of hydrogen-bond donors (Lipinski definition) is 1. The molecule has 0 atom stereocenters. The summed E-state index contributed by atoms with van der Waals surface area (Å²) in [6, 6.07) is 13.9. The van der Waals surface area contributed by atoms with Crippen LogP contribution in [0.2, 0.25) is 0 Å². The zero-order chi connectivity index (χ0) is 19.0. The highest BCUT2D eigenvalue weighted by Gasteiger charge is 2.33. The largest absolute Gasteiger partial charge is 0.486 e. The number of carbonyl (C=O) groups is 1. The summed E-state index contributed by atoms with van der Waals surface area (Å²) in [7, 11) is 2.15. The third-order valence-corrected chi connectivity index (χ3v) is 5.33. The second-order valence-corrected chi connectivity index (χ2v) is 8.12. The molecule has 27 heavy (non-hydrogen) atoms. The molecule has 0 bridgehead atoms. The van der Waals surface area contributed by atoms with Crippen LogP contribution in [0, 0.1) is 0 Å². The third-order valence-electron chi connectivity index (χ3n) is 5.33. The van der Waals surface area contributed by atoms with Gasteiger partial charge in [0.2, 0.25) is 0 Å². The quantitative estimate of drug-likeness (QED) is 0.905. The number of nitrogens with one attached hydrogen (secondary N) is 1. The van der Waals surface area contributed by atoms with Crippen LogP contribution in [0.3, 0.4) is 0 Å². The Kier molecular flexibility index (Phi) is 4.56. The molecule has 2 aromatic carbocycles. The lowest BCUT2D eigenvalue weighted by Crippen LogP contribution is -2.44. The molecule has 5 heteroatoms. The van der Waals surface area contributed by atoms with Gasteiger partial charge in [0.25, 0.3) is 5.91 Å². The summed E-state index contributed by atoms with van der Waals surface area (Å²) in [5, 5.41) is 3.01. The summed E-state index contributed by atoms with van der Waals surface area (Å²) in [5.41, 5.74) is 3.43. The van der Waals surface area contributed by atoms with E-state index in [0.717, 1.165) is 43.9 Å². The highest BCUT2D eigenvalue weighted by Crippen LogP contribution is 2.37. The normalized spacial score (nSPS) is 18.7. The molecule has 4 rings (SSSR count). The number of ether oxygens (including phenoxy) is 1. The zero-order valence-electron chi connectivity index (χ0n) is 16.3. The minimum Gasteiger partial charge on any atom is -0.486 e. The lowest BCUT2D eigenvalue weighted by Gasteiger charge is -2.34. The van der Waals surface area contributed by atoms with Crippen molar-refractivity contribution in [3.05, 3.63) is 53.6 Å². The van der Waals surface area contributed by atoms with Gasteiger partial charge in [-0.25, -0.2) is 0 Å². The standard InChI is InChI=1S/C22H27N3O2/c1-22(2)15-16-5-4-6-19(20(16)27-22)21(26)23-17-7-9-18(10-8-17)25-13-11-24(3)12-14-25/h4-10H,11-15H2,1-3H3,(H,23,26). The van der Waals surface area contributed by atoms with E-state index >= 15 is 0 Å². The number of carbonyl (C=O) groups excluding carboxylic acids is 1. The minimum absolute atomic E-state index is 0.128. The predicted octanol–water partition coefficient (Wildman–Crippen LogP) is 3.40. The predicted molar refractivity (Wildman–Crippen MR) is 109 cm³/mol. The van der Waals surface area contributed by atoms with Crippen molar-refractivity contribution in [2.75, 3.05) is 43.4 Å². The Hall–Kier alpha value is -2.53. The number of hydrogen-bond acceptors (Lipinski definition) is 4. The highest BCUT2D eigenvalue weighted by atomic mass is 16.5. The first kappa shape index (κ1) is 17.9. The number of rotatable bonds is 3. The molecule has 0 unspecified atom stereocenters. The van der Waals surface area contributed by atoms with Crippen molar-refractivity contribution in [1.82, 2.24) is 4.90 Å². The van der Waals surface area contributed by atoms with Crippen LogP contribution >= 0.6 is 0 Å². The van der Waals surface area contributed by atoms with Crippen LogP contribution in [0.4, 0.5) is 11.4 Å². The summed E-state index contributed by atoms with van der Waals surface area (Å²) >= 11 is 0. The van der Waals surface area contributed by atoms with Gasteiger partial charge in [0.05, 0.1) is 5.56 Å². The van der Waals surface area contributed by atoms with Gasteiger partial charge in [-0.15, -0.1) is 0 Å². The molecule has 1 N–H and O–H groups in total. The molecule has 0 spiro atoms. The number of piperazine rings is 1. The van der Waals surface area contributed by atoms with Crippen LogP contribution in [0.15, 0.2) is 42.5 Å². The van der Waals surface area contributed by atoms with Gasteiger partial charge in [-0.3, -0.25) is 4.79 Å². The molecule has 1 saturated heterocycles. The van der Waals surface area contributed by atoms with Gasteiger partial charge in [0.15, 0.2) is 0 Å². The second kappa shape index (κ2) is 6.89. The van der Waals surface area contributed by atoms with Gasteiger partial charge in [0.1, 0.15) is 11.4 Å². The van der Waals surface area contributed by atoms with Crippen molar-refractivity contribution in [1.29, 1.82) is 0 Å². The van der Waals surface area contributed by atoms with Crippen molar-refractivity contribution in [2.45, 2.75) is 25.9 Å². The molecule has 2 heterocycles. The molecule has 2 aliphatic rings. The minimum atomic E-state index is -0.261. The number of anilines is 2. The van der Waals surface area contributed by atoms with Gasteiger partial charge in [-0.05, 0) is 56.8 Å². The van der Waals surface area contributed by atoms with E-state index in [-0.39, 0.29) is 11.5 Å². The first-order valence-electron chi connectivity index (χ1n) is 9.57. The Labute approximate surface area is 160 Å². The fourth-order valence-electron chi connectivity index (χ4n) is 3.81. The number of amides is 1. The number of para-hydroxylation sites is 1. The smallest absolute Gasteiger partial charge is 0.259 e. The SMILES string of the molecule is CN1CCN(c2ccc(NC(=O)c3cccc4c3OC(C)(C)C4)cc2)CC1. The molecular formula is C22H27N3O2. The summed E-state index contributed by atoms with van der Waals surface area (Å²) < 4.78 is 6.02. The van der Waals surface area contributed by atoms with Crippen molar-refractivity contribution in [3.8, 4) is 5.75 Å².